The Morgan fingerprint density at radius 2 is 2.44 bits per heavy atom. The van der Waals surface area contributed by atoms with E-state index in [9.17, 15) is 4.79 Å². The number of alkyl carbamates (subject to hydrolysis) is 1. The van der Waals surface area contributed by atoms with Crippen molar-refractivity contribution in [3.8, 4) is 0 Å². The van der Waals surface area contributed by atoms with Crippen molar-refractivity contribution < 1.29 is 14.6 Å². The first-order chi connectivity index (χ1) is 7.56. The van der Waals surface area contributed by atoms with E-state index in [4.69, 9.17) is 9.84 Å². The number of nitrogens with zero attached hydrogens (tertiary/aromatic N) is 2. The van der Waals surface area contributed by atoms with E-state index in [-0.39, 0.29) is 19.3 Å². The molecule has 0 spiro atoms. The molecule has 0 saturated carbocycles. The van der Waals surface area contributed by atoms with E-state index in [1.54, 1.807) is 10.9 Å². The number of amides is 1. The summed E-state index contributed by atoms with van der Waals surface area (Å²) in [5, 5.41) is 15.2. The van der Waals surface area contributed by atoms with Crippen LogP contribution < -0.4 is 5.32 Å². The molecule has 0 bridgehead atoms. The molecule has 1 aromatic rings. The van der Waals surface area contributed by atoms with Gasteiger partial charge in [-0.1, -0.05) is 0 Å². The van der Waals surface area contributed by atoms with Gasteiger partial charge in [0.1, 0.15) is 6.61 Å². The summed E-state index contributed by atoms with van der Waals surface area (Å²) in [5.74, 6) is 0. The summed E-state index contributed by atoms with van der Waals surface area (Å²) in [4.78, 5) is 11.2. The molecular weight excluding hydrogens is 210 g/mol. The molecule has 1 aromatic heterocycles. The second kappa shape index (κ2) is 5.50. The van der Waals surface area contributed by atoms with Gasteiger partial charge in [-0.05, 0) is 13.8 Å². The first-order valence-corrected chi connectivity index (χ1v) is 5.09. The number of hydrogen-bond donors (Lipinski definition) is 2. The zero-order chi connectivity index (χ0) is 12.1. The summed E-state index contributed by atoms with van der Waals surface area (Å²) >= 11 is 0. The van der Waals surface area contributed by atoms with Crippen LogP contribution in [0.15, 0.2) is 6.20 Å². The van der Waals surface area contributed by atoms with E-state index >= 15 is 0 Å². The maximum absolute atomic E-state index is 11.2. The summed E-state index contributed by atoms with van der Waals surface area (Å²) < 4.78 is 6.45. The SMILES string of the molecule is Cc1c(C(C)NC(=O)OCCO)cnn1C. The van der Waals surface area contributed by atoms with E-state index in [0.717, 1.165) is 11.3 Å². The van der Waals surface area contributed by atoms with Crippen LogP contribution in [0.2, 0.25) is 0 Å². The molecule has 0 aliphatic rings. The number of aliphatic hydroxyl groups excluding tert-OH is 1. The van der Waals surface area contributed by atoms with Gasteiger partial charge in [-0.15, -0.1) is 0 Å². The van der Waals surface area contributed by atoms with E-state index in [1.807, 2.05) is 20.9 Å². The highest BCUT2D eigenvalue weighted by molar-refractivity contribution is 5.67. The van der Waals surface area contributed by atoms with Crippen LogP contribution in [0.5, 0.6) is 0 Å². The summed E-state index contributed by atoms with van der Waals surface area (Å²) in [6, 6.07) is -0.167. The smallest absolute Gasteiger partial charge is 0.407 e. The van der Waals surface area contributed by atoms with Crippen molar-refractivity contribution >= 4 is 6.09 Å². The molecule has 0 fully saturated rings. The highest BCUT2D eigenvalue weighted by Crippen LogP contribution is 2.15. The van der Waals surface area contributed by atoms with Crippen molar-refractivity contribution in [2.75, 3.05) is 13.2 Å². The zero-order valence-electron chi connectivity index (χ0n) is 9.73. The van der Waals surface area contributed by atoms with Crippen LogP contribution in [0.1, 0.15) is 24.2 Å². The van der Waals surface area contributed by atoms with Crippen LogP contribution in [0.25, 0.3) is 0 Å². The van der Waals surface area contributed by atoms with Crippen LogP contribution >= 0.6 is 0 Å². The van der Waals surface area contributed by atoms with E-state index in [0.29, 0.717) is 0 Å². The zero-order valence-corrected chi connectivity index (χ0v) is 9.73. The predicted molar refractivity (Wildman–Crippen MR) is 57.9 cm³/mol. The Kier molecular flexibility index (Phi) is 4.30. The maximum atomic E-state index is 11.2. The molecule has 6 heteroatoms. The molecular formula is C10H17N3O3. The van der Waals surface area contributed by atoms with Crippen molar-refractivity contribution in [1.29, 1.82) is 0 Å². The standard InChI is InChI=1S/C10H17N3O3/c1-7(12-10(15)16-5-4-14)9-6-11-13(3)8(9)2/h6-7,14H,4-5H2,1-3H3,(H,12,15). The highest BCUT2D eigenvalue weighted by atomic mass is 16.6. The number of nitrogens with one attached hydrogen (secondary N) is 1. The number of ether oxygens (including phenoxy) is 1. The molecule has 0 saturated heterocycles. The molecule has 2 N–H and O–H groups in total. The highest BCUT2D eigenvalue weighted by Gasteiger charge is 2.14. The average Bonchev–Trinajstić information content (AvgIpc) is 2.57. The third-order valence-electron chi connectivity index (χ3n) is 2.40. The number of rotatable bonds is 4. The minimum absolute atomic E-state index is 0.00454. The fraction of sp³-hybridized carbons (Fsp3) is 0.600. The molecule has 90 valence electrons. The number of hydrogen-bond acceptors (Lipinski definition) is 4. The fourth-order valence-corrected chi connectivity index (χ4v) is 1.38. The first kappa shape index (κ1) is 12.5. The largest absolute Gasteiger partial charge is 0.447 e. The number of aliphatic hydroxyl groups is 1. The Bertz CT molecular complexity index is 362. The third kappa shape index (κ3) is 2.96. The van der Waals surface area contributed by atoms with Gasteiger partial charge >= 0.3 is 6.09 Å². The molecule has 16 heavy (non-hydrogen) atoms. The third-order valence-corrected chi connectivity index (χ3v) is 2.40. The summed E-state index contributed by atoms with van der Waals surface area (Å²) in [6.07, 6.45) is 1.18. The lowest BCUT2D eigenvalue weighted by atomic mass is 10.1. The van der Waals surface area contributed by atoms with Gasteiger partial charge in [0.15, 0.2) is 0 Å². The van der Waals surface area contributed by atoms with Gasteiger partial charge in [0.2, 0.25) is 0 Å². The van der Waals surface area contributed by atoms with Gasteiger partial charge in [0, 0.05) is 18.3 Å². The van der Waals surface area contributed by atoms with Crippen LogP contribution in [0.3, 0.4) is 0 Å². The van der Waals surface area contributed by atoms with Gasteiger partial charge in [0.05, 0.1) is 18.8 Å². The first-order valence-electron chi connectivity index (χ1n) is 5.09. The normalized spacial score (nSPS) is 12.2. The number of carbonyl (C=O) groups is 1. The summed E-state index contributed by atoms with van der Waals surface area (Å²) in [6.45, 7) is 3.61. The number of carbonyl (C=O) groups excluding carboxylic acids is 1. The van der Waals surface area contributed by atoms with Crippen molar-refractivity contribution in [2.24, 2.45) is 7.05 Å². The van der Waals surface area contributed by atoms with Crippen molar-refractivity contribution in [3.05, 3.63) is 17.5 Å². The predicted octanol–water partition coefficient (Wildman–Crippen LogP) is 0.508. The van der Waals surface area contributed by atoms with E-state index in [2.05, 4.69) is 10.4 Å². The molecule has 1 heterocycles. The van der Waals surface area contributed by atoms with E-state index in [1.165, 1.54) is 0 Å². The molecule has 0 aliphatic heterocycles. The molecule has 1 atom stereocenters. The minimum atomic E-state index is -0.537. The van der Waals surface area contributed by atoms with Crippen LogP contribution in [-0.2, 0) is 11.8 Å². The quantitative estimate of drug-likeness (QED) is 0.785. The van der Waals surface area contributed by atoms with Gasteiger partial charge in [0.25, 0.3) is 0 Å². The molecule has 1 unspecified atom stereocenters. The fourth-order valence-electron chi connectivity index (χ4n) is 1.38. The summed E-state index contributed by atoms with van der Waals surface area (Å²) in [5.41, 5.74) is 1.94. The van der Waals surface area contributed by atoms with Crippen LogP contribution in [0, 0.1) is 6.92 Å². The topological polar surface area (TPSA) is 76.4 Å². The molecule has 1 rings (SSSR count). The second-order valence-electron chi connectivity index (χ2n) is 3.53. The molecule has 0 aliphatic carbocycles. The lowest BCUT2D eigenvalue weighted by Crippen LogP contribution is -2.28. The number of aryl methyl sites for hydroxylation is 1. The Labute approximate surface area is 94.2 Å². The molecule has 0 radical (unpaired) electrons. The van der Waals surface area contributed by atoms with Crippen LogP contribution in [-0.4, -0.2) is 34.2 Å². The average molecular weight is 227 g/mol. The van der Waals surface area contributed by atoms with Crippen molar-refractivity contribution in [1.82, 2.24) is 15.1 Å². The molecule has 6 nitrogen and oxygen atoms in total. The minimum Gasteiger partial charge on any atom is -0.447 e. The lowest BCUT2D eigenvalue weighted by molar-refractivity contribution is 0.116. The van der Waals surface area contributed by atoms with Crippen molar-refractivity contribution in [2.45, 2.75) is 19.9 Å². The summed E-state index contributed by atoms with van der Waals surface area (Å²) in [7, 11) is 1.84. The van der Waals surface area contributed by atoms with E-state index < -0.39 is 6.09 Å². The monoisotopic (exact) mass is 227 g/mol. The molecule has 0 aromatic carbocycles. The van der Waals surface area contributed by atoms with Crippen molar-refractivity contribution in [3.63, 3.8) is 0 Å². The second-order valence-corrected chi connectivity index (χ2v) is 3.53. The Morgan fingerprint density at radius 1 is 1.75 bits per heavy atom. The van der Waals surface area contributed by atoms with Gasteiger partial charge in [-0.2, -0.15) is 5.10 Å². The number of aromatic nitrogens is 2. The maximum Gasteiger partial charge on any atom is 0.407 e. The van der Waals surface area contributed by atoms with Gasteiger partial charge in [-0.25, -0.2) is 4.79 Å². The van der Waals surface area contributed by atoms with Crippen LogP contribution in [0.4, 0.5) is 4.79 Å². The Balaban J connectivity index is 2.55. The van der Waals surface area contributed by atoms with Gasteiger partial charge in [-0.3, -0.25) is 4.68 Å². The Hall–Kier alpha value is -1.56. The lowest BCUT2D eigenvalue weighted by Gasteiger charge is -2.13. The Morgan fingerprint density at radius 3 is 2.94 bits per heavy atom. The molecule has 1 amide bonds. The van der Waals surface area contributed by atoms with Gasteiger partial charge < -0.3 is 15.2 Å².